The summed E-state index contributed by atoms with van der Waals surface area (Å²) < 4.78 is 5.66. The molecule has 0 saturated heterocycles. The number of nitrogens with one attached hydrogen (secondary N) is 1. The minimum Gasteiger partial charge on any atom is -0.489 e. The van der Waals surface area contributed by atoms with Gasteiger partial charge in [-0.1, -0.05) is 6.92 Å². The van der Waals surface area contributed by atoms with Crippen LogP contribution >= 0.6 is 0 Å². The number of rotatable bonds is 6. The molecule has 0 bridgehead atoms. The Morgan fingerprint density at radius 3 is 3.07 bits per heavy atom. The van der Waals surface area contributed by atoms with Gasteiger partial charge in [-0.3, -0.25) is 4.98 Å². The van der Waals surface area contributed by atoms with E-state index in [4.69, 9.17) is 4.74 Å². The average Bonchev–Trinajstić information content (AvgIpc) is 2.20. The lowest BCUT2D eigenvalue weighted by atomic mass is 10.3. The lowest BCUT2D eigenvalue weighted by Crippen LogP contribution is -2.21. The lowest BCUT2D eigenvalue weighted by molar-refractivity contribution is 0.209. The van der Waals surface area contributed by atoms with Gasteiger partial charge in [-0.25, -0.2) is 0 Å². The van der Waals surface area contributed by atoms with Gasteiger partial charge in [0, 0.05) is 6.20 Å². The average molecular weight is 194 g/mol. The highest BCUT2D eigenvalue weighted by atomic mass is 16.5. The number of hydrogen-bond acceptors (Lipinski definition) is 3. The van der Waals surface area contributed by atoms with E-state index in [2.05, 4.69) is 24.1 Å². The van der Waals surface area contributed by atoms with E-state index in [-0.39, 0.29) is 6.10 Å². The van der Waals surface area contributed by atoms with Gasteiger partial charge in [0.15, 0.2) is 0 Å². The van der Waals surface area contributed by atoms with Gasteiger partial charge in [0.2, 0.25) is 0 Å². The van der Waals surface area contributed by atoms with E-state index >= 15 is 0 Å². The molecule has 0 aliphatic carbocycles. The molecule has 0 aliphatic rings. The monoisotopic (exact) mass is 194 g/mol. The number of ether oxygens (including phenoxy) is 1. The quantitative estimate of drug-likeness (QED) is 0.702. The molecule has 1 aromatic heterocycles. The normalized spacial score (nSPS) is 12.4. The third-order valence-corrected chi connectivity index (χ3v) is 1.95. The first-order chi connectivity index (χ1) is 6.83. The predicted octanol–water partition coefficient (Wildman–Crippen LogP) is 1.85. The highest BCUT2D eigenvalue weighted by Crippen LogP contribution is 2.09. The van der Waals surface area contributed by atoms with Crippen molar-refractivity contribution in [1.29, 1.82) is 0 Å². The SMILES string of the molecule is CCNCCC(C)Oc1cccnc1. The molecular weight excluding hydrogens is 176 g/mol. The standard InChI is InChI=1S/C11H18N2O/c1-3-12-8-6-10(2)14-11-5-4-7-13-9-11/h4-5,7,9-10,12H,3,6,8H2,1-2H3. The highest BCUT2D eigenvalue weighted by molar-refractivity contribution is 5.15. The minimum atomic E-state index is 0.234. The molecule has 14 heavy (non-hydrogen) atoms. The number of aromatic nitrogens is 1. The summed E-state index contributed by atoms with van der Waals surface area (Å²) in [6.45, 7) is 6.19. The minimum absolute atomic E-state index is 0.234. The fourth-order valence-corrected chi connectivity index (χ4v) is 1.19. The molecule has 3 nitrogen and oxygen atoms in total. The van der Waals surface area contributed by atoms with Crippen LogP contribution in [0.15, 0.2) is 24.5 Å². The molecule has 0 spiro atoms. The van der Waals surface area contributed by atoms with Gasteiger partial charge in [-0.15, -0.1) is 0 Å². The second-order valence-corrected chi connectivity index (χ2v) is 3.26. The zero-order valence-electron chi connectivity index (χ0n) is 8.86. The van der Waals surface area contributed by atoms with Crippen molar-refractivity contribution in [3.05, 3.63) is 24.5 Å². The Labute approximate surface area is 85.5 Å². The second-order valence-electron chi connectivity index (χ2n) is 3.26. The fraction of sp³-hybridized carbons (Fsp3) is 0.545. The zero-order chi connectivity index (χ0) is 10.2. The Morgan fingerprint density at radius 1 is 1.57 bits per heavy atom. The zero-order valence-corrected chi connectivity index (χ0v) is 8.86. The van der Waals surface area contributed by atoms with E-state index in [9.17, 15) is 0 Å². The maximum Gasteiger partial charge on any atom is 0.137 e. The first-order valence-electron chi connectivity index (χ1n) is 5.10. The summed E-state index contributed by atoms with van der Waals surface area (Å²) in [5.41, 5.74) is 0. The summed E-state index contributed by atoms with van der Waals surface area (Å²) >= 11 is 0. The Hall–Kier alpha value is -1.09. The van der Waals surface area contributed by atoms with Crippen LogP contribution < -0.4 is 10.1 Å². The molecule has 0 aliphatic heterocycles. The predicted molar refractivity (Wildman–Crippen MR) is 57.5 cm³/mol. The fourth-order valence-electron chi connectivity index (χ4n) is 1.19. The van der Waals surface area contributed by atoms with Crippen molar-refractivity contribution in [1.82, 2.24) is 10.3 Å². The Bertz CT molecular complexity index is 238. The molecule has 0 radical (unpaired) electrons. The number of hydrogen-bond donors (Lipinski definition) is 1. The van der Waals surface area contributed by atoms with Crippen molar-refractivity contribution in [3.8, 4) is 5.75 Å². The third kappa shape index (κ3) is 4.23. The first-order valence-corrected chi connectivity index (χ1v) is 5.10. The molecular formula is C11H18N2O. The topological polar surface area (TPSA) is 34.1 Å². The van der Waals surface area contributed by atoms with Crippen LogP contribution in [0.5, 0.6) is 5.75 Å². The molecule has 0 amide bonds. The van der Waals surface area contributed by atoms with Crippen LogP contribution in [0.3, 0.4) is 0 Å². The summed E-state index contributed by atoms with van der Waals surface area (Å²) in [7, 11) is 0. The van der Waals surface area contributed by atoms with Crippen LogP contribution in [0.2, 0.25) is 0 Å². The molecule has 0 aromatic carbocycles. The summed E-state index contributed by atoms with van der Waals surface area (Å²) in [6, 6.07) is 3.81. The number of nitrogens with zero attached hydrogens (tertiary/aromatic N) is 1. The summed E-state index contributed by atoms with van der Waals surface area (Å²) in [4.78, 5) is 3.99. The second kappa shape index (κ2) is 6.38. The van der Waals surface area contributed by atoms with Crippen molar-refractivity contribution in [3.63, 3.8) is 0 Å². The Kier molecular flexibility index (Phi) is 5.00. The summed E-state index contributed by atoms with van der Waals surface area (Å²) in [6.07, 6.45) is 4.74. The third-order valence-electron chi connectivity index (χ3n) is 1.95. The van der Waals surface area contributed by atoms with E-state index < -0.39 is 0 Å². The largest absolute Gasteiger partial charge is 0.489 e. The maximum absolute atomic E-state index is 5.66. The number of pyridine rings is 1. The van der Waals surface area contributed by atoms with Crippen LogP contribution in [0.1, 0.15) is 20.3 Å². The smallest absolute Gasteiger partial charge is 0.137 e. The first kappa shape index (κ1) is 11.0. The van der Waals surface area contributed by atoms with Gasteiger partial charge in [0.05, 0.1) is 12.3 Å². The van der Waals surface area contributed by atoms with Crippen molar-refractivity contribution in [2.75, 3.05) is 13.1 Å². The molecule has 0 saturated carbocycles. The van der Waals surface area contributed by atoms with E-state index in [0.717, 1.165) is 25.3 Å². The lowest BCUT2D eigenvalue weighted by Gasteiger charge is -2.14. The van der Waals surface area contributed by atoms with Crippen LogP contribution in [0.4, 0.5) is 0 Å². The Balaban J connectivity index is 2.23. The maximum atomic E-state index is 5.66. The van der Waals surface area contributed by atoms with Crippen LogP contribution in [0, 0.1) is 0 Å². The highest BCUT2D eigenvalue weighted by Gasteiger charge is 2.02. The van der Waals surface area contributed by atoms with Gasteiger partial charge in [-0.2, -0.15) is 0 Å². The van der Waals surface area contributed by atoms with Gasteiger partial charge in [0.25, 0.3) is 0 Å². The molecule has 1 atom stereocenters. The van der Waals surface area contributed by atoms with Gasteiger partial charge >= 0.3 is 0 Å². The molecule has 1 unspecified atom stereocenters. The molecule has 1 aromatic rings. The van der Waals surface area contributed by atoms with E-state index in [1.807, 2.05) is 12.1 Å². The van der Waals surface area contributed by atoms with Crippen LogP contribution in [-0.4, -0.2) is 24.2 Å². The molecule has 3 heteroatoms. The summed E-state index contributed by atoms with van der Waals surface area (Å²) in [5.74, 6) is 0.844. The molecule has 1 rings (SSSR count). The van der Waals surface area contributed by atoms with E-state index in [0.29, 0.717) is 0 Å². The van der Waals surface area contributed by atoms with Crippen molar-refractivity contribution < 1.29 is 4.74 Å². The van der Waals surface area contributed by atoms with Crippen LogP contribution in [-0.2, 0) is 0 Å². The molecule has 1 heterocycles. The Morgan fingerprint density at radius 2 is 2.43 bits per heavy atom. The molecule has 1 N–H and O–H groups in total. The van der Waals surface area contributed by atoms with Crippen molar-refractivity contribution >= 4 is 0 Å². The van der Waals surface area contributed by atoms with E-state index in [1.165, 1.54) is 0 Å². The summed E-state index contributed by atoms with van der Waals surface area (Å²) in [5, 5.41) is 3.27. The molecule has 78 valence electrons. The van der Waals surface area contributed by atoms with Crippen molar-refractivity contribution in [2.45, 2.75) is 26.4 Å². The van der Waals surface area contributed by atoms with Crippen LogP contribution in [0.25, 0.3) is 0 Å². The van der Waals surface area contributed by atoms with Gasteiger partial charge in [-0.05, 0) is 38.6 Å². The van der Waals surface area contributed by atoms with Crippen molar-refractivity contribution in [2.24, 2.45) is 0 Å². The molecule has 0 fully saturated rings. The van der Waals surface area contributed by atoms with Gasteiger partial charge < -0.3 is 10.1 Å². The van der Waals surface area contributed by atoms with E-state index in [1.54, 1.807) is 12.4 Å². The van der Waals surface area contributed by atoms with Gasteiger partial charge in [0.1, 0.15) is 5.75 Å².